The third-order valence-corrected chi connectivity index (χ3v) is 7.92. The number of aromatic nitrogens is 1. The highest BCUT2D eigenvalue weighted by molar-refractivity contribution is 7.07. The zero-order valence-electron chi connectivity index (χ0n) is 19.4. The highest BCUT2D eigenvalue weighted by Gasteiger charge is 2.32. The largest absolute Gasteiger partial charge is 0.465 e. The van der Waals surface area contributed by atoms with E-state index in [0.29, 0.717) is 19.9 Å². The molecule has 0 radical (unpaired) electrons. The van der Waals surface area contributed by atoms with Gasteiger partial charge in [0, 0.05) is 10.6 Å². The van der Waals surface area contributed by atoms with Gasteiger partial charge in [-0.2, -0.15) is 0 Å². The van der Waals surface area contributed by atoms with Gasteiger partial charge in [0.2, 0.25) is 0 Å². The molecule has 0 N–H and O–H groups in total. The van der Waals surface area contributed by atoms with Crippen molar-refractivity contribution in [1.29, 1.82) is 0 Å². The summed E-state index contributed by atoms with van der Waals surface area (Å²) < 4.78 is 7.27. The summed E-state index contributed by atoms with van der Waals surface area (Å²) in [7, 11) is 1.37. The van der Waals surface area contributed by atoms with Gasteiger partial charge in [0.15, 0.2) is 4.80 Å². The predicted octanol–water partition coefficient (Wildman–Crippen LogP) is 4.76. The molecule has 0 saturated carbocycles. The number of hydrogen-bond donors (Lipinski definition) is 0. The molecule has 2 aliphatic rings. The quantitative estimate of drug-likeness (QED) is 0.372. The minimum Gasteiger partial charge on any atom is -0.465 e. The van der Waals surface area contributed by atoms with E-state index >= 15 is 0 Å². The molecule has 1 aliphatic carbocycles. The lowest BCUT2D eigenvalue weighted by atomic mass is 9.83. The highest BCUT2D eigenvalue weighted by atomic mass is 35.5. The monoisotopic (exact) mass is 512 g/mol. The number of carbonyl (C=O) groups excluding carboxylic acids is 1. The summed E-state index contributed by atoms with van der Waals surface area (Å²) in [5, 5.41) is 0.648. The van der Waals surface area contributed by atoms with Crippen molar-refractivity contribution in [3.8, 4) is 0 Å². The van der Waals surface area contributed by atoms with Crippen LogP contribution in [0.2, 0.25) is 5.02 Å². The second kappa shape index (κ2) is 9.04. The van der Waals surface area contributed by atoms with Crippen molar-refractivity contribution < 1.29 is 9.53 Å². The van der Waals surface area contributed by atoms with E-state index in [1.54, 1.807) is 16.7 Å². The molecule has 1 aliphatic heterocycles. The average molecular weight is 513 g/mol. The number of hydrogen-bond acceptors (Lipinski definition) is 5. The van der Waals surface area contributed by atoms with Crippen molar-refractivity contribution >= 4 is 40.7 Å². The first-order valence-electron chi connectivity index (χ1n) is 11.6. The summed E-state index contributed by atoms with van der Waals surface area (Å²) in [5.41, 5.74) is 6.66. The number of rotatable bonds is 3. The lowest BCUT2D eigenvalue weighted by Crippen LogP contribution is -2.38. The summed E-state index contributed by atoms with van der Waals surface area (Å²) in [6.07, 6.45) is 3.57. The van der Waals surface area contributed by atoms with Crippen LogP contribution in [0, 0.1) is 0 Å². The third kappa shape index (κ3) is 3.83. The van der Waals surface area contributed by atoms with Gasteiger partial charge >= 0.3 is 5.97 Å². The number of methoxy groups -OCH3 is 1. The van der Waals surface area contributed by atoms with E-state index in [0.717, 1.165) is 40.8 Å². The first-order chi connectivity index (χ1) is 17.5. The Morgan fingerprint density at radius 2 is 1.81 bits per heavy atom. The van der Waals surface area contributed by atoms with Gasteiger partial charge in [-0.15, -0.1) is 0 Å². The van der Waals surface area contributed by atoms with E-state index in [9.17, 15) is 9.59 Å². The van der Waals surface area contributed by atoms with Crippen LogP contribution in [-0.4, -0.2) is 17.6 Å². The normalized spacial score (nSPS) is 16.6. The maximum Gasteiger partial charge on any atom is 0.337 e. The number of aryl methyl sites for hydroxylation is 1. The number of allylic oxidation sites excluding steroid dienone is 1. The molecular weight excluding hydrogens is 492 g/mol. The molecule has 5 nitrogen and oxygen atoms in total. The van der Waals surface area contributed by atoms with Gasteiger partial charge in [-0.3, -0.25) is 9.36 Å². The topological polar surface area (TPSA) is 60.7 Å². The summed E-state index contributed by atoms with van der Waals surface area (Å²) in [4.78, 5) is 31.5. The molecule has 1 atom stereocenters. The van der Waals surface area contributed by atoms with Crippen molar-refractivity contribution in [1.82, 2.24) is 4.57 Å². The molecular formula is C29H21ClN2O3S. The first-order valence-corrected chi connectivity index (χ1v) is 12.8. The van der Waals surface area contributed by atoms with Gasteiger partial charge in [-0.05, 0) is 65.4 Å². The van der Waals surface area contributed by atoms with Gasteiger partial charge in [-0.25, -0.2) is 9.79 Å². The van der Waals surface area contributed by atoms with Gasteiger partial charge in [0.05, 0.1) is 28.9 Å². The Kier molecular flexibility index (Phi) is 5.70. The number of esters is 1. The molecule has 2 heterocycles. The molecule has 36 heavy (non-hydrogen) atoms. The molecule has 3 aromatic carbocycles. The highest BCUT2D eigenvalue weighted by Crippen LogP contribution is 2.41. The number of fused-ring (bicyclic) bond motifs is 3. The standard InChI is InChI=1S/C29H21ClN2O3S/c1-35-28(34)20-10-8-19(9-11-20)26-23-15-12-18-4-2-3-5-22(18)25(23)31-29-32(26)27(33)24(36-29)16-17-6-13-21(30)14-7-17/h2-11,13-14,16,26H,12,15H2,1H3. The number of thiazole rings is 1. The Balaban J connectivity index is 1.58. The van der Waals surface area contributed by atoms with Crippen LogP contribution < -0.4 is 14.9 Å². The van der Waals surface area contributed by atoms with Crippen molar-refractivity contribution in [2.45, 2.75) is 18.9 Å². The molecule has 0 fully saturated rings. The van der Waals surface area contributed by atoms with Crippen LogP contribution in [0.15, 0.2) is 88.2 Å². The Bertz CT molecular complexity index is 1710. The molecule has 178 valence electrons. The lowest BCUT2D eigenvalue weighted by Gasteiger charge is -2.30. The van der Waals surface area contributed by atoms with Crippen LogP contribution in [0.3, 0.4) is 0 Å². The van der Waals surface area contributed by atoms with Gasteiger partial charge in [0.25, 0.3) is 5.56 Å². The molecule has 4 aromatic rings. The van der Waals surface area contributed by atoms with E-state index < -0.39 is 0 Å². The SMILES string of the molecule is COC(=O)c1ccc(C2C3=C(N=c4sc(=Cc5ccc(Cl)cc5)c(=O)n42)c2ccccc2CC3)cc1. The lowest BCUT2D eigenvalue weighted by molar-refractivity contribution is 0.0600. The molecule has 1 unspecified atom stereocenters. The molecule has 0 amide bonds. The van der Waals surface area contributed by atoms with Crippen LogP contribution in [0.5, 0.6) is 0 Å². The molecule has 7 heteroatoms. The fraction of sp³-hybridized carbons (Fsp3) is 0.138. The average Bonchev–Trinajstić information content (AvgIpc) is 3.22. The maximum absolute atomic E-state index is 13.8. The molecule has 1 aromatic heterocycles. The summed E-state index contributed by atoms with van der Waals surface area (Å²) in [6.45, 7) is 0. The summed E-state index contributed by atoms with van der Waals surface area (Å²) in [6, 6.07) is 22.8. The Hall–Kier alpha value is -3.74. The Labute approximate surface area is 216 Å². The zero-order chi connectivity index (χ0) is 24.8. The molecule has 0 saturated heterocycles. The van der Waals surface area contributed by atoms with Gasteiger partial charge < -0.3 is 4.74 Å². The fourth-order valence-electron chi connectivity index (χ4n) is 4.95. The first kappa shape index (κ1) is 22.7. The molecule has 0 spiro atoms. The van der Waals surface area contributed by atoms with E-state index in [1.165, 1.54) is 24.0 Å². The number of benzene rings is 3. The molecule has 6 rings (SSSR count). The van der Waals surface area contributed by atoms with Crippen LogP contribution >= 0.6 is 22.9 Å². The van der Waals surface area contributed by atoms with Crippen molar-refractivity contribution in [3.05, 3.63) is 131 Å². The van der Waals surface area contributed by atoms with Crippen LogP contribution in [0.25, 0.3) is 11.8 Å². The fourth-order valence-corrected chi connectivity index (χ4v) is 6.08. The van der Waals surface area contributed by atoms with E-state index in [4.69, 9.17) is 21.3 Å². The Morgan fingerprint density at radius 1 is 1.06 bits per heavy atom. The van der Waals surface area contributed by atoms with E-state index in [-0.39, 0.29) is 17.6 Å². The predicted molar refractivity (Wildman–Crippen MR) is 142 cm³/mol. The Morgan fingerprint density at radius 3 is 2.56 bits per heavy atom. The second-order valence-electron chi connectivity index (χ2n) is 8.78. The third-order valence-electron chi connectivity index (χ3n) is 6.69. The van der Waals surface area contributed by atoms with Crippen molar-refractivity contribution in [2.24, 2.45) is 4.99 Å². The summed E-state index contributed by atoms with van der Waals surface area (Å²) >= 11 is 7.43. The zero-order valence-corrected chi connectivity index (χ0v) is 21.0. The number of nitrogens with zero attached hydrogens (tertiary/aromatic N) is 2. The summed E-state index contributed by atoms with van der Waals surface area (Å²) in [5.74, 6) is -0.389. The maximum atomic E-state index is 13.8. The second-order valence-corrected chi connectivity index (χ2v) is 10.2. The number of halogens is 1. The van der Waals surface area contributed by atoms with Crippen molar-refractivity contribution in [3.63, 3.8) is 0 Å². The van der Waals surface area contributed by atoms with Crippen LogP contribution in [-0.2, 0) is 11.2 Å². The van der Waals surface area contributed by atoms with E-state index in [1.807, 2.05) is 48.5 Å². The minimum absolute atomic E-state index is 0.0823. The van der Waals surface area contributed by atoms with Crippen LogP contribution in [0.4, 0.5) is 0 Å². The van der Waals surface area contributed by atoms with Crippen molar-refractivity contribution in [2.75, 3.05) is 7.11 Å². The van der Waals surface area contributed by atoms with Crippen LogP contribution in [0.1, 0.15) is 45.1 Å². The minimum atomic E-state index is -0.389. The molecule has 0 bridgehead atoms. The van der Waals surface area contributed by atoms with E-state index in [2.05, 4.69) is 18.2 Å². The number of ether oxygens (including phenoxy) is 1. The smallest absolute Gasteiger partial charge is 0.337 e. The van der Waals surface area contributed by atoms with Gasteiger partial charge in [0.1, 0.15) is 0 Å². The number of carbonyl (C=O) groups is 1. The van der Waals surface area contributed by atoms with Gasteiger partial charge in [-0.1, -0.05) is 71.5 Å².